The molecule has 4 aromatic rings. The predicted molar refractivity (Wildman–Crippen MR) is 117 cm³/mol. The summed E-state index contributed by atoms with van der Waals surface area (Å²) >= 11 is 0. The molecule has 0 amide bonds. The fraction of sp³-hybridized carbons (Fsp3) is 0.318. The Morgan fingerprint density at radius 1 is 1.10 bits per heavy atom. The Morgan fingerprint density at radius 2 is 1.87 bits per heavy atom. The molecule has 0 aliphatic heterocycles. The minimum absolute atomic E-state index is 0.235. The molecular weight excluding hydrogens is 394 g/mol. The molecule has 9 nitrogen and oxygen atoms in total. The fourth-order valence-electron chi connectivity index (χ4n) is 3.31. The van der Waals surface area contributed by atoms with Crippen molar-refractivity contribution >= 4 is 0 Å². The molecule has 0 bridgehead atoms. The van der Waals surface area contributed by atoms with E-state index in [1.54, 1.807) is 46.9 Å². The van der Waals surface area contributed by atoms with Gasteiger partial charge in [0.1, 0.15) is 17.3 Å². The number of aryl methyl sites for hydroxylation is 2. The Kier molecular flexibility index (Phi) is 4.96. The van der Waals surface area contributed by atoms with Crippen molar-refractivity contribution in [2.24, 2.45) is 14.1 Å². The lowest BCUT2D eigenvalue weighted by molar-refractivity contribution is 0.474. The van der Waals surface area contributed by atoms with E-state index in [0.29, 0.717) is 28.8 Å². The van der Waals surface area contributed by atoms with Gasteiger partial charge in [0.2, 0.25) is 0 Å². The minimum atomic E-state index is -0.259. The van der Waals surface area contributed by atoms with Crippen LogP contribution in [0.3, 0.4) is 0 Å². The summed E-state index contributed by atoms with van der Waals surface area (Å²) in [5.74, 6) is 2.37. The lowest BCUT2D eigenvalue weighted by atomic mass is 9.96. The Labute approximate surface area is 180 Å². The van der Waals surface area contributed by atoms with Gasteiger partial charge in [-0.3, -0.25) is 14.2 Å². The van der Waals surface area contributed by atoms with Crippen LogP contribution in [-0.4, -0.2) is 34.1 Å². The van der Waals surface area contributed by atoms with E-state index in [0.717, 1.165) is 11.3 Å². The molecule has 0 radical (unpaired) electrons. The van der Waals surface area contributed by atoms with E-state index in [1.165, 1.54) is 4.68 Å². The third-order valence-corrected chi connectivity index (χ3v) is 4.85. The molecule has 0 saturated heterocycles. The van der Waals surface area contributed by atoms with Crippen LogP contribution in [0.25, 0.3) is 17.1 Å². The number of aromatic nitrogens is 7. The summed E-state index contributed by atoms with van der Waals surface area (Å²) in [6.45, 7) is 7.89. The Balaban J connectivity index is 1.63. The van der Waals surface area contributed by atoms with Crippen molar-refractivity contribution in [2.75, 3.05) is 0 Å². The Hall–Kier alpha value is -3.75. The van der Waals surface area contributed by atoms with Gasteiger partial charge in [0.25, 0.3) is 0 Å². The molecule has 4 rings (SSSR count). The molecule has 0 unspecified atom stereocenters. The van der Waals surface area contributed by atoms with Crippen LogP contribution in [0.15, 0.2) is 47.7 Å². The van der Waals surface area contributed by atoms with Crippen molar-refractivity contribution in [1.82, 2.24) is 34.1 Å². The molecule has 31 heavy (non-hydrogen) atoms. The summed E-state index contributed by atoms with van der Waals surface area (Å²) in [4.78, 5) is 21.6. The highest BCUT2D eigenvalue weighted by Gasteiger charge is 2.24. The summed E-state index contributed by atoms with van der Waals surface area (Å²) in [6, 6.07) is 7.15. The summed E-state index contributed by atoms with van der Waals surface area (Å²) < 4.78 is 10.6. The van der Waals surface area contributed by atoms with E-state index in [1.807, 2.05) is 47.0 Å². The maximum atomic E-state index is 12.7. The number of pyridine rings is 2. The topological polar surface area (TPSA) is 92.7 Å². The number of hydrogen-bond donors (Lipinski definition) is 0. The molecule has 0 aliphatic carbocycles. The van der Waals surface area contributed by atoms with Crippen molar-refractivity contribution < 1.29 is 4.74 Å². The third-order valence-electron chi connectivity index (χ3n) is 4.85. The van der Waals surface area contributed by atoms with Crippen molar-refractivity contribution in [2.45, 2.75) is 33.1 Å². The van der Waals surface area contributed by atoms with Gasteiger partial charge in [-0.2, -0.15) is 9.78 Å². The predicted octanol–water partition coefficient (Wildman–Crippen LogP) is 3.16. The number of ether oxygens (including phenoxy) is 1. The standard InChI is InChI=1S/C22H25N7O2/c1-14-18(31-16-9-10-23-17(11-16)15-12-24-27(5)13-15)7-8-19(25-14)29-21(30)28(6)20(26-29)22(2,3)4/h7-13H,1-6H3. The van der Waals surface area contributed by atoms with E-state index in [2.05, 4.69) is 20.2 Å². The van der Waals surface area contributed by atoms with Gasteiger partial charge in [0, 0.05) is 43.5 Å². The van der Waals surface area contributed by atoms with Crippen molar-refractivity contribution in [3.63, 3.8) is 0 Å². The van der Waals surface area contributed by atoms with Gasteiger partial charge in [0.05, 0.1) is 17.6 Å². The first-order valence-electron chi connectivity index (χ1n) is 9.91. The van der Waals surface area contributed by atoms with E-state index in [-0.39, 0.29) is 11.1 Å². The third kappa shape index (κ3) is 3.98. The summed E-state index contributed by atoms with van der Waals surface area (Å²) in [5, 5.41) is 8.68. The first kappa shape index (κ1) is 20.5. The monoisotopic (exact) mass is 419 g/mol. The maximum absolute atomic E-state index is 12.7. The molecule has 0 aromatic carbocycles. The van der Waals surface area contributed by atoms with Crippen LogP contribution >= 0.6 is 0 Å². The second-order valence-electron chi connectivity index (χ2n) is 8.46. The molecular formula is C22H25N7O2. The largest absolute Gasteiger partial charge is 0.455 e. The fourth-order valence-corrected chi connectivity index (χ4v) is 3.31. The molecule has 0 N–H and O–H groups in total. The van der Waals surface area contributed by atoms with E-state index in [9.17, 15) is 4.79 Å². The van der Waals surface area contributed by atoms with Gasteiger partial charge in [-0.1, -0.05) is 20.8 Å². The van der Waals surface area contributed by atoms with Crippen LogP contribution < -0.4 is 10.4 Å². The van der Waals surface area contributed by atoms with Crippen LogP contribution in [0.5, 0.6) is 11.5 Å². The lowest BCUT2D eigenvalue weighted by Gasteiger charge is -2.15. The van der Waals surface area contributed by atoms with Gasteiger partial charge in [0.15, 0.2) is 5.82 Å². The minimum Gasteiger partial charge on any atom is -0.455 e. The van der Waals surface area contributed by atoms with Crippen LogP contribution in [0, 0.1) is 6.92 Å². The summed E-state index contributed by atoms with van der Waals surface area (Å²) in [7, 11) is 3.58. The summed E-state index contributed by atoms with van der Waals surface area (Å²) in [5.41, 5.74) is 1.82. The first-order chi connectivity index (χ1) is 14.6. The average molecular weight is 419 g/mol. The zero-order valence-corrected chi connectivity index (χ0v) is 18.5. The van der Waals surface area contributed by atoms with Gasteiger partial charge >= 0.3 is 5.69 Å². The molecule has 0 spiro atoms. The van der Waals surface area contributed by atoms with Crippen LogP contribution in [0.1, 0.15) is 32.3 Å². The van der Waals surface area contributed by atoms with E-state index >= 15 is 0 Å². The Bertz CT molecular complexity index is 1310. The van der Waals surface area contributed by atoms with E-state index in [4.69, 9.17) is 4.74 Å². The smallest absolute Gasteiger partial charge is 0.351 e. The van der Waals surface area contributed by atoms with E-state index < -0.39 is 0 Å². The molecule has 0 atom stereocenters. The molecule has 4 aromatic heterocycles. The van der Waals surface area contributed by atoms with Gasteiger partial charge in [-0.25, -0.2) is 9.78 Å². The summed E-state index contributed by atoms with van der Waals surface area (Å²) in [6.07, 6.45) is 5.34. The van der Waals surface area contributed by atoms with Crippen molar-refractivity contribution in [1.29, 1.82) is 0 Å². The maximum Gasteiger partial charge on any atom is 0.351 e. The number of rotatable bonds is 4. The number of nitrogens with zero attached hydrogens (tertiary/aromatic N) is 7. The molecule has 160 valence electrons. The normalized spacial score (nSPS) is 11.7. The van der Waals surface area contributed by atoms with Gasteiger partial charge in [-0.15, -0.1) is 5.10 Å². The second kappa shape index (κ2) is 7.50. The average Bonchev–Trinajstić information content (AvgIpc) is 3.27. The van der Waals surface area contributed by atoms with Gasteiger partial charge < -0.3 is 4.74 Å². The first-order valence-corrected chi connectivity index (χ1v) is 9.91. The molecule has 9 heteroatoms. The highest BCUT2D eigenvalue weighted by Crippen LogP contribution is 2.27. The quantitative estimate of drug-likeness (QED) is 0.504. The zero-order chi connectivity index (χ0) is 22.3. The van der Waals surface area contributed by atoms with Gasteiger partial charge in [-0.05, 0) is 25.1 Å². The van der Waals surface area contributed by atoms with Crippen molar-refractivity contribution in [3.8, 4) is 28.6 Å². The zero-order valence-electron chi connectivity index (χ0n) is 18.5. The van der Waals surface area contributed by atoms with Crippen LogP contribution in [0.2, 0.25) is 0 Å². The van der Waals surface area contributed by atoms with Crippen molar-refractivity contribution in [3.05, 3.63) is 64.9 Å². The number of hydrogen-bond acceptors (Lipinski definition) is 6. The Morgan fingerprint density at radius 3 is 2.48 bits per heavy atom. The second-order valence-corrected chi connectivity index (χ2v) is 8.46. The molecule has 4 heterocycles. The SMILES string of the molecule is Cc1nc(-n2nc(C(C)(C)C)n(C)c2=O)ccc1Oc1ccnc(-c2cnn(C)c2)c1. The molecule has 0 saturated carbocycles. The highest BCUT2D eigenvalue weighted by atomic mass is 16.5. The van der Waals surface area contributed by atoms with Crippen LogP contribution in [0.4, 0.5) is 0 Å². The molecule has 0 fully saturated rings. The van der Waals surface area contributed by atoms with Crippen LogP contribution in [-0.2, 0) is 19.5 Å². The highest BCUT2D eigenvalue weighted by molar-refractivity contribution is 5.58. The molecule has 0 aliphatic rings. The lowest BCUT2D eigenvalue weighted by Crippen LogP contribution is -2.25.